The van der Waals surface area contributed by atoms with Crippen LogP contribution in [-0.4, -0.2) is 37.9 Å². The zero-order valence-electron chi connectivity index (χ0n) is 15.2. The molecular formula is C20H23NO4S. The van der Waals surface area contributed by atoms with Gasteiger partial charge in [-0.05, 0) is 29.8 Å². The Labute approximate surface area is 158 Å². The van der Waals surface area contributed by atoms with E-state index in [2.05, 4.69) is 0 Å². The second kappa shape index (κ2) is 8.36. The molecule has 1 saturated heterocycles. The van der Waals surface area contributed by atoms with E-state index in [0.29, 0.717) is 13.0 Å². The molecule has 0 saturated carbocycles. The van der Waals surface area contributed by atoms with E-state index in [-0.39, 0.29) is 11.3 Å². The van der Waals surface area contributed by atoms with Crippen molar-refractivity contribution in [1.82, 2.24) is 4.90 Å². The summed E-state index contributed by atoms with van der Waals surface area (Å²) in [5, 5.41) is -0.159. The van der Waals surface area contributed by atoms with Gasteiger partial charge in [0, 0.05) is 18.7 Å². The van der Waals surface area contributed by atoms with Crippen molar-refractivity contribution in [2.24, 2.45) is 0 Å². The lowest BCUT2D eigenvalue weighted by molar-refractivity contribution is -0.132. The van der Waals surface area contributed by atoms with Gasteiger partial charge in [-0.1, -0.05) is 18.2 Å². The first-order valence-corrected chi connectivity index (χ1v) is 9.47. The van der Waals surface area contributed by atoms with Crippen LogP contribution in [0.3, 0.4) is 0 Å². The van der Waals surface area contributed by atoms with Crippen LogP contribution in [-0.2, 0) is 11.3 Å². The van der Waals surface area contributed by atoms with Gasteiger partial charge >= 0.3 is 0 Å². The molecule has 1 aliphatic heterocycles. The third-order valence-corrected chi connectivity index (χ3v) is 5.64. The highest BCUT2D eigenvalue weighted by molar-refractivity contribution is 7.99. The zero-order chi connectivity index (χ0) is 18.5. The molecule has 0 aromatic heterocycles. The molecule has 0 aliphatic carbocycles. The maximum atomic E-state index is 12.7. The fourth-order valence-corrected chi connectivity index (χ4v) is 4.41. The van der Waals surface area contributed by atoms with Crippen molar-refractivity contribution in [1.29, 1.82) is 0 Å². The second-order valence-electron chi connectivity index (χ2n) is 5.92. The molecule has 5 nitrogen and oxygen atoms in total. The van der Waals surface area contributed by atoms with Gasteiger partial charge in [-0.2, -0.15) is 0 Å². The Hall–Kier alpha value is -2.34. The molecule has 2 aromatic rings. The Morgan fingerprint density at radius 2 is 1.73 bits per heavy atom. The summed E-state index contributed by atoms with van der Waals surface area (Å²) in [6.07, 6.45) is 0.530. The SMILES string of the molecule is COc1cccc(CN2C(=O)CCSC2c2c(OC)cccc2OC)c1. The number of thioether (sulfide) groups is 1. The molecule has 1 atom stereocenters. The molecule has 0 radical (unpaired) electrons. The fraction of sp³-hybridized carbons (Fsp3) is 0.350. The number of hydrogen-bond acceptors (Lipinski definition) is 5. The molecule has 1 heterocycles. The topological polar surface area (TPSA) is 48.0 Å². The summed E-state index contributed by atoms with van der Waals surface area (Å²) in [6.45, 7) is 0.509. The highest BCUT2D eigenvalue weighted by Crippen LogP contribution is 2.46. The standard InChI is InChI=1S/C20H23NO4S/c1-23-15-7-4-6-14(12-15)13-21-18(22)10-11-26-20(21)19-16(24-2)8-5-9-17(19)25-3/h4-9,12,20H,10-11,13H2,1-3H3. The first-order chi connectivity index (χ1) is 12.7. The lowest BCUT2D eigenvalue weighted by atomic mass is 10.1. The monoisotopic (exact) mass is 373 g/mol. The van der Waals surface area contributed by atoms with Crippen molar-refractivity contribution in [3.8, 4) is 17.2 Å². The summed E-state index contributed by atoms with van der Waals surface area (Å²) < 4.78 is 16.4. The van der Waals surface area contributed by atoms with Gasteiger partial charge in [0.1, 0.15) is 22.6 Å². The minimum Gasteiger partial charge on any atom is -0.497 e. The predicted molar refractivity (Wildman–Crippen MR) is 103 cm³/mol. The minimum absolute atomic E-state index is 0.129. The summed E-state index contributed by atoms with van der Waals surface area (Å²) in [6, 6.07) is 13.5. The zero-order valence-corrected chi connectivity index (χ0v) is 16.0. The maximum absolute atomic E-state index is 12.7. The van der Waals surface area contributed by atoms with Gasteiger partial charge in [-0.25, -0.2) is 0 Å². The number of nitrogens with zero attached hydrogens (tertiary/aromatic N) is 1. The molecule has 6 heteroatoms. The van der Waals surface area contributed by atoms with E-state index in [0.717, 1.165) is 34.1 Å². The molecular weight excluding hydrogens is 350 g/mol. The quantitative estimate of drug-likeness (QED) is 0.769. The molecule has 2 aromatic carbocycles. The van der Waals surface area contributed by atoms with Crippen molar-refractivity contribution < 1.29 is 19.0 Å². The highest BCUT2D eigenvalue weighted by atomic mass is 32.2. The van der Waals surface area contributed by atoms with Gasteiger partial charge in [-0.15, -0.1) is 11.8 Å². The van der Waals surface area contributed by atoms with Crippen LogP contribution in [0.5, 0.6) is 17.2 Å². The van der Waals surface area contributed by atoms with Crippen molar-refractivity contribution in [2.75, 3.05) is 27.1 Å². The summed E-state index contributed by atoms with van der Waals surface area (Å²) >= 11 is 1.73. The van der Waals surface area contributed by atoms with Crippen LogP contribution in [0.25, 0.3) is 0 Å². The second-order valence-corrected chi connectivity index (χ2v) is 7.11. The van der Waals surface area contributed by atoms with Gasteiger partial charge in [0.2, 0.25) is 5.91 Å². The smallest absolute Gasteiger partial charge is 0.224 e. The van der Waals surface area contributed by atoms with Crippen LogP contribution in [0.2, 0.25) is 0 Å². The number of carbonyl (C=O) groups is 1. The Kier molecular flexibility index (Phi) is 5.93. The Bertz CT molecular complexity index is 758. The summed E-state index contributed by atoms with van der Waals surface area (Å²) in [4.78, 5) is 14.6. The summed E-state index contributed by atoms with van der Waals surface area (Å²) in [5.74, 6) is 3.15. The number of methoxy groups -OCH3 is 3. The number of benzene rings is 2. The van der Waals surface area contributed by atoms with Gasteiger partial charge in [0.05, 0.1) is 26.9 Å². The normalized spacial score (nSPS) is 17.1. The van der Waals surface area contributed by atoms with Gasteiger partial charge < -0.3 is 19.1 Å². The van der Waals surface area contributed by atoms with Gasteiger partial charge in [-0.3, -0.25) is 4.79 Å². The lowest BCUT2D eigenvalue weighted by Crippen LogP contribution is -2.37. The van der Waals surface area contributed by atoms with E-state index in [1.165, 1.54) is 0 Å². The van der Waals surface area contributed by atoms with E-state index in [1.807, 2.05) is 47.4 Å². The summed E-state index contributed by atoms with van der Waals surface area (Å²) in [7, 11) is 4.92. The van der Waals surface area contributed by atoms with Crippen LogP contribution >= 0.6 is 11.8 Å². The average molecular weight is 373 g/mol. The number of carbonyl (C=O) groups excluding carboxylic acids is 1. The largest absolute Gasteiger partial charge is 0.497 e. The molecule has 3 rings (SSSR count). The Morgan fingerprint density at radius 1 is 1.04 bits per heavy atom. The molecule has 1 aliphatic rings. The van der Waals surface area contributed by atoms with E-state index >= 15 is 0 Å². The van der Waals surface area contributed by atoms with Gasteiger partial charge in [0.15, 0.2) is 0 Å². The fourth-order valence-electron chi connectivity index (χ4n) is 3.12. The van der Waals surface area contributed by atoms with E-state index < -0.39 is 0 Å². The van der Waals surface area contributed by atoms with Gasteiger partial charge in [0.25, 0.3) is 0 Å². The predicted octanol–water partition coefficient (Wildman–Crippen LogP) is 3.88. The molecule has 0 N–H and O–H groups in total. The number of rotatable bonds is 6. The molecule has 0 spiro atoms. The lowest BCUT2D eigenvalue weighted by Gasteiger charge is -2.36. The van der Waals surface area contributed by atoms with Crippen LogP contribution in [0.1, 0.15) is 22.9 Å². The molecule has 0 bridgehead atoms. The van der Waals surface area contributed by atoms with E-state index in [1.54, 1.807) is 33.1 Å². The highest BCUT2D eigenvalue weighted by Gasteiger charge is 2.34. The number of ether oxygens (including phenoxy) is 3. The third-order valence-electron chi connectivity index (χ3n) is 4.40. The first kappa shape index (κ1) is 18.5. The summed E-state index contributed by atoms with van der Waals surface area (Å²) in [5.41, 5.74) is 1.93. The van der Waals surface area contributed by atoms with Crippen LogP contribution in [0, 0.1) is 0 Å². The van der Waals surface area contributed by atoms with Crippen LogP contribution in [0.15, 0.2) is 42.5 Å². The van der Waals surface area contributed by atoms with Crippen LogP contribution < -0.4 is 14.2 Å². The maximum Gasteiger partial charge on any atom is 0.224 e. The number of hydrogen-bond donors (Lipinski definition) is 0. The molecule has 138 valence electrons. The average Bonchev–Trinajstić information content (AvgIpc) is 2.69. The molecule has 1 amide bonds. The van der Waals surface area contributed by atoms with E-state index in [9.17, 15) is 4.79 Å². The van der Waals surface area contributed by atoms with Crippen molar-refractivity contribution in [3.05, 3.63) is 53.6 Å². The minimum atomic E-state index is -0.159. The molecule has 1 fully saturated rings. The van der Waals surface area contributed by atoms with Crippen LogP contribution in [0.4, 0.5) is 0 Å². The number of amides is 1. The van der Waals surface area contributed by atoms with Crippen molar-refractivity contribution in [2.45, 2.75) is 18.3 Å². The first-order valence-electron chi connectivity index (χ1n) is 8.42. The Morgan fingerprint density at radius 3 is 2.38 bits per heavy atom. The van der Waals surface area contributed by atoms with Crippen molar-refractivity contribution >= 4 is 17.7 Å². The van der Waals surface area contributed by atoms with Crippen molar-refractivity contribution in [3.63, 3.8) is 0 Å². The molecule has 26 heavy (non-hydrogen) atoms. The van der Waals surface area contributed by atoms with E-state index in [4.69, 9.17) is 14.2 Å². The Balaban J connectivity index is 1.98. The molecule has 1 unspecified atom stereocenters. The third kappa shape index (κ3) is 3.75.